The van der Waals surface area contributed by atoms with Gasteiger partial charge in [0.25, 0.3) is 0 Å². The monoisotopic (exact) mass is 352 g/mol. The number of halogens is 1. The van der Waals surface area contributed by atoms with E-state index in [0.29, 0.717) is 6.04 Å². The number of rotatable bonds is 6. The molecule has 0 aromatic heterocycles. The summed E-state index contributed by atoms with van der Waals surface area (Å²) in [5.41, 5.74) is 1.38. The zero-order valence-electron chi connectivity index (χ0n) is 13.6. The van der Waals surface area contributed by atoms with Crippen LogP contribution in [0, 0.1) is 5.92 Å². The molecule has 1 aromatic carbocycles. The fourth-order valence-corrected chi connectivity index (χ4v) is 3.64. The lowest BCUT2D eigenvalue weighted by atomic mass is 9.86. The van der Waals surface area contributed by atoms with Gasteiger partial charge in [0.2, 0.25) is 0 Å². The van der Waals surface area contributed by atoms with Gasteiger partial charge in [0.15, 0.2) is 0 Å². The highest BCUT2D eigenvalue weighted by molar-refractivity contribution is 9.10. The summed E-state index contributed by atoms with van der Waals surface area (Å²) in [5, 5.41) is 3.46. The van der Waals surface area contributed by atoms with Crippen LogP contribution in [0.15, 0.2) is 28.7 Å². The highest BCUT2D eigenvalue weighted by Gasteiger charge is 2.22. The van der Waals surface area contributed by atoms with E-state index in [2.05, 4.69) is 71.4 Å². The molecule has 1 aliphatic carbocycles. The lowest BCUT2D eigenvalue weighted by molar-refractivity contribution is 0.164. The molecule has 0 amide bonds. The summed E-state index contributed by atoms with van der Waals surface area (Å²) in [5.74, 6) is 0.933. The van der Waals surface area contributed by atoms with Crippen LogP contribution < -0.4 is 5.32 Å². The minimum absolute atomic E-state index is 0.447. The number of hydrogen-bond acceptors (Lipinski definition) is 2. The molecule has 21 heavy (non-hydrogen) atoms. The van der Waals surface area contributed by atoms with Crippen LogP contribution >= 0.6 is 15.9 Å². The van der Waals surface area contributed by atoms with E-state index in [4.69, 9.17) is 0 Å². The van der Waals surface area contributed by atoms with Crippen molar-refractivity contribution in [3.63, 3.8) is 0 Å². The molecular formula is C18H29BrN2. The molecule has 0 bridgehead atoms. The third kappa shape index (κ3) is 5.08. The van der Waals surface area contributed by atoms with Gasteiger partial charge < -0.3 is 10.2 Å². The number of benzene rings is 1. The molecule has 1 atom stereocenters. The molecule has 0 spiro atoms. The summed E-state index contributed by atoms with van der Waals surface area (Å²) in [6.45, 7) is 3.56. The number of nitrogens with one attached hydrogen (secondary N) is 1. The quantitative estimate of drug-likeness (QED) is 0.803. The van der Waals surface area contributed by atoms with E-state index < -0.39 is 0 Å². The average Bonchev–Trinajstić information content (AvgIpc) is 2.50. The molecule has 3 heteroatoms. The van der Waals surface area contributed by atoms with Crippen LogP contribution in [-0.4, -0.2) is 31.6 Å². The first kappa shape index (κ1) is 17.0. The Kier molecular flexibility index (Phi) is 6.72. The Morgan fingerprint density at radius 1 is 1.19 bits per heavy atom. The molecular weight excluding hydrogens is 324 g/mol. The molecule has 2 nitrogen and oxygen atoms in total. The van der Waals surface area contributed by atoms with Gasteiger partial charge in [0, 0.05) is 16.6 Å². The average molecular weight is 353 g/mol. The molecule has 1 N–H and O–H groups in total. The highest BCUT2D eigenvalue weighted by atomic mass is 79.9. The molecule has 0 saturated heterocycles. The zero-order chi connectivity index (χ0) is 15.2. The van der Waals surface area contributed by atoms with E-state index in [1.165, 1.54) is 44.2 Å². The zero-order valence-corrected chi connectivity index (χ0v) is 15.2. The fraction of sp³-hybridized carbons (Fsp3) is 0.667. The lowest BCUT2D eigenvalue weighted by Gasteiger charge is -2.34. The SMILES string of the molecule is CNC(CCN(C)C1CCC(C)CC1)c1ccc(Br)cc1. The first-order chi connectivity index (χ1) is 10.1. The van der Waals surface area contributed by atoms with Gasteiger partial charge in [-0.1, -0.05) is 35.0 Å². The lowest BCUT2D eigenvalue weighted by Crippen LogP contribution is -2.36. The Labute approximate surface area is 138 Å². The van der Waals surface area contributed by atoms with Crippen molar-refractivity contribution in [3.05, 3.63) is 34.3 Å². The van der Waals surface area contributed by atoms with Crippen molar-refractivity contribution in [2.75, 3.05) is 20.6 Å². The fourth-order valence-electron chi connectivity index (χ4n) is 3.37. The minimum atomic E-state index is 0.447. The topological polar surface area (TPSA) is 15.3 Å². The van der Waals surface area contributed by atoms with E-state index in [-0.39, 0.29) is 0 Å². The smallest absolute Gasteiger partial charge is 0.0329 e. The second kappa shape index (κ2) is 8.30. The van der Waals surface area contributed by atoms with Crippen LogP contribution in [-0.2, 0) is 0 Å². The molecule has 118 valence electrons. The van der Waals surface area contributed by atoms with Crippen molar-refractivity contribution in [2.24, 2.45) is 5.92 Å². The van der Waals surface area contributed by atoms with Crippen molar-refractivity contribution in [2.45, 2.75) is 51.1 Å². The molecule has 0 radical (unpaired) electrons. The standard InChI is InChI=1S/C18H29BrN2/c1-14-4-10-17(11-5-14)21(3)13-12-18(20-2)15-6-8-16(19)9-7-15/h6-9,14,17-18,20H,4-5,10-13H2,1-3H3. The van der Waals surface area contributed by atoms with E-state index in [9.17, 15) is 0 Å². The van der Waals surface area contributed by atoms with E-state index in [1.54, 1.807) is 0 Å². The number of hydrogen-bond donors (Lipinski definition) is 1. The van der Waals surface area contributed by atoms with Gasteiger partial charge in [0.05, 0.1) is 0 Å². The summed E-state index contributed by atoms with van der Waals surface area (Å²) in [6, 6.07) is 9.94. The molecule has 1 aromatic rings. The maximum absolute atomic E-state index is 3.51. The van der Waals surface area contributed by atoms with Gasteiger partial charge in [-0.25, -0.2) is 0 Å². The summed E-state index contributed by atoms with van der Waals surface area (Å²) >= 11 is 3.51. The summed E-state index contributed by atoms with van der Waals surface area (Å²) in [6.07, 6.45) is 6.72. The summed E-state index contributed by atoms with van der Waals surface area (Å²) < 4.78 is 1.15. The van der Waals surface area contributed by atoms with Crippen molar-refractivity contribution in [1.82, 2.24) is 10.2 Å². The van der Waals surface area contributed by atoms with Crippen molar-refractivity contribution < 1.29 is 0 Å². The van der Waals surface area contributed by atoms with Crippen LogP contribution in [0.3, 0.4) is 0 Å². The Balaban J connectivity index is 1.83. The van der Waals surface area contributed by atoms with E-state index in [1.807, 2.05) is 0 Å². The second-order valence-corrected chi connectivity index (χ2v) is 7.49. The van der Waals surface area contributed by atoms with Gasteiger partial charge in [-0.15, -0.1) is 0 Å². The maximum atomic E-state index is 3.51. The summed E-state index contributed by atoms with van der Waals surface area (Å²) in [7, 11) is 4.37. The van der Waals surface area contributed by atoms with Crippen LogP contribution in [0.1, 0.15) is 50.6 Å². The third-order valence-corrected chi connectivity index (χ3v) is 5.53. The Morgan fingerprint density at radius 2 is 1.81 bits per heavy atom. The Bertz CT molecular complexity index is 410. The first-order valence-corrected chi connectivity index (χ1v) is 9.02. The van der Waals surface area contributed by atoms with Crippen molar-refractivity contribution in [1.29, 1.82) is 0 Å². The Hall–Kier alpha value is -0.380. The molecule has 1 saturated carbocycles. The molecule has 1 aliphatic rings. The molecule has 1 fully saturated rings. The third-order valence-electron chi connectivity index (χ3n) is 5.00. The molecule has 2 rings (SSSR count). The highest BCUT2D eigenvalue weighted by Crippen LogP contribution is 2.27. The normalized spacial score (nSPS) is 24.2. The van der Waals surface area contributed by atoms with E-state index >= 15 is 0 Å². The van der Waals surface area contributed by atoms with Gasteiger partial charge in [-0.3, -0.25) is 0 Å². The Morgan fingerprint density at radius 3 is 2.38 bits per heavy atom. The van der Waals surface area contributed by atoms with Crippen LogP contribution in [0.4, 0.5) is 0 Å². The largest absolute Gasteiger partial charge is 0.313 e. The predicted octanol–water partition coefficient (Wildman–Crippen LogP) is 4.61. The minimum Gasteiger partial charge on any atom is -0.313 e. The van der Waals surface area contributed by atoms with E-state index in [0.717, 1.165) is 16.4 Å². The van der Waals surface area contributed by atoms with Crippen molar-refractivity contribution in [3.8, 4) is 0 Å². The molecule has 1 unspecified atom stereocenters. The van der Waals surface area contributed by atoms with Crippen LogP contribution in [0.5, 0.6) is 0 Å². The molecule has 0 aliphatic heterocycles. The van der Waals surface area contributed by atoms with Crippen LogP contribution in [0.25, 0.3) is 0 Å². The van der Waals surface area contributed by atoms with Gasteiger partial charge in [0.1, 0.15) is 0 Å². The first-order valence-electron chi connectivity index (χ1n) is 8.23. The second-order valence-electron chi connectivity index (χ2n) is 6.58. The molecule has 0 heterocycles. The predicted molar refractivity (Wildman–Crippen MR) is 94.6 cm³/mol. The summed E-state index contributed by atoms with van der Waals surface area (Å²) in [4.78, 5) is 2.58. The number of nitrogens with zero attached hydrogens (tertiary/aromatic N) is 1. The van der Waals surface area contributed by atoms with Crippen molar-refractivity contribution >= 4 is 15.9 Å². The maximum Gasteiger partial charge on any atom is 0.0329 e. The van der Waals surface area contributed by atoms with Crippen LogP contribution in [0.2, 0.25) is 0 Å². The van der Waals surface area contributed by atoms with Gasteiger partial charge >= 0.3 is 0 Å². The van der Waals surface area contributed by atoms with Gasteiger partial charge in [-0.2, -0.15) is 0 Å². The van der Waals surface area contributed by atoms with Gasteiger partial charge in [-0.05, 0) is 76.4 Å².